The molecule has 0 saturated carbocycles. The maximum atomic E-state index is 9.36. The highest BCUT2D eigenvalue weighted by molar-refractivity contribution is 5.59. The van der Waals surface area contributed by atoms with Gasteiger partial charge in [-0.05, 0) is 12.1 Å². The van der Waals surface area contributed by atoms with Crippen LogP contribution in [0.3, 0.4) is 0 Å². The number of aromatic nitrogens is 1. The Balaban J connectivity index is 2.46. The van der Waals surface area contributed by atoms with Crippen molar-refractivity contribution in [2.45, 2.75) is 6.61 Å². The van der Waals surface area contributed by atoms with Gasteiger partial charge in [0.2, 0.25) is 0 Å². The topological polar surface area (TPSA) is 53.4 Å². The highest BCUT2D eigenvalue weighted by Gasteiger charge is 2.04. The van der Waals surface area contributed by atoms with Gasteiger partial charge in [0.1, 0.15) is 11.4 Å². The van der Waals surface area contributed by atoms with Crippen molar-refractivity contribution in [1.29, 1.82) is 0 Å². The predicted molar refractivity (Wildman–Crippen MR) is 57.3 cm³/mol. The summed E-state index contributed by atoms with van der Waals surface area (Å²) >= 11 is 0. The summed E-state index contributed by atoms with van der Waals surface area (Å²) in [6.45, 7) is -0.257. The highest BCUT2D eigenvalue weighted by Crippen LogP contribution is 2.21. The van der Waals surface area contributed by atoms with E-state index in [1.807, 2.05) is 30.3 Å². The first-order valence-corrected chi connectivity index (χ1v) is 4.66. The average molecular weight is 201 g/mol. The summed E-state index contributed by atoms with van der Waals surface area (Å²) in [5.41, 5.74) is 2.01. The summed E-state index contributed by atoms with van der Waals surface area (Å²) in [6.07, 6.45) is 0. The zero-order valence-corrected chi connectivity index (χ0v) is 8.09. The van der Waals surface area contributed by atoms with Gasteiger partial charge in [-0.15, -0.1) is 0 Å². The largest absolute Gasteiger partial charge is 0.506 e. The standard InChI is InChI=1S/C12H11NO2/c14-8-11-12(15)7-6-10(13-11)9-4-2-1-3-5-9/h1-7,14-15H,8H2. The molecule has 0 fully saturated rings. The Morgan fingerprint density at radius 2 is 1.73 bits per heavy atom. The van der Waals surface area contributed by atoms with Gasteiger partial charge in [-0.3, -0.25) is 0 Å². The van der Waals surface area contributed by atoms with E-state index in [0.29, 0.717) is 5.69 Å². The van der Waals surface area contributed by atoms with E-state index in [1.54, 1.807) is 12.1 Å². The van der Waals surface area contributed by atoms with E-state index in [1.165, 1.54) is 0 Å². The van der Waals surface area contributed by atoms with E-state index in [-0.39, 0.29) is 12.4 Å². The molecule has 0 aliphatic rings. The normalized spacial score (nSPS) is 10.2. The van der Waals surface area contributed by atoms with Crippen LogP contribution in [0.25, 0.3) is 11.3 Å². The molecule has 0 unspecified atom stereocenters. The molecule has 0 radical (unpaired) electrons. The molecular weight excluding hydrogens is 190 g/mol. The number of hydrogen-bond acceptors (Lipinski definition) is 3. The van der Waals surface area contributed by atoms with Crippen LogP contribution in [0.4, 0.5) is 0 Å². The molecule has 0 amide bonds. The van der Waals surface area contributed by atoms with Crippen molar-refractivity contribution in [1.82, 2.24) is 4.98 Å². The van der Waals surface area contributed by atoms with E-state index in [9.17, 15) is 5.11 Å². The molecule has 0 aliphatic carbocycles. The summed E-state index contributed by atoms with van der Waals surface area (Å²) in [7, 11) is 0. The van der Waals surface area contributed by atoms with Gasteiger partial charge >= 0.3 is 0 Å². The smallest absolute Gasteiger partial charge is 0.139 e. The Labute approximate surface area is 87.7 Å². The summed E-state index contributed by atoms with van der Waals surface area (Å²) in [5.74, 6) is 0.0252. The zero-order valence-electron chi connectivity index (χ0n) is 8.09. The molecule has 2 aromatic rings. The van der Waals surface area contributed by atoms with E-state index in [0.717, 1.165) is 11.3 Å². The lowest BCUT2D eigenvalue weighted by atomic mass is 10.1. The molecule has 0 aliphatic heterocycles. The van der Waals surface area contributed by atoms with Crippen molar-refractivity contribution in [3.63, 3.8) is 0 Å². The van der Waals surface area contributed by atoms with E-state index < -0.39 is 0 Å². The van der Waals surface area contributed by atoms with Gasteiger partial charge in [-0.1, -0.05) is 30.3 Å². The van der Waals surface area contributed by atoms with Gasteiger partial charge in [0.15, 0.2) is 0 Å². The lowest BCUT2D eigenvalue weighted by Crippen LogP contribution is -1.92. The summed E-state index contributed by atoms with van der Waals surface area (Å²) < 4.78 is 0. The number of rotatable bonds is 2. The number of hydrogen-bond donors (Lipinski definition) is 2. The minimum Gasteiger partial charge on any atom is -0.506 e. The molecule has 1 aromatic carbocycles. The maximum absolute atomic E-state index is 9.36. The van der Waals surface area contributed by atoms with Crippen LogP contribution in [0.15, 0.2) is 42.5 Å². The van der Waals surface area contributed by atoms with E-state index >= 15 is 0 Å². The van der Waals surface area contributed by atoms with Crippen molar-refractivity contribution >= 4 is 0 Å². The number of benzene rings is 1. The third-order valence-corrected chi connectivity index (χ3v) is 2.17. The van der Waals surface area contributed by atoms with E-state index in [2.05, 4.69) is 4.98 Å². The number of aliphatic hydroxyl groups is 1. The van der Waals surface area contributed by atoms with Crippen LogP contribution in [0.1, 0.15) is 5.69 Å². The van der Waals surface area contributed by atoms with Crippen LogP contribution in [0, 0.1) is 0 Å². The first-order valence-electron chi connectivity index (χ1n) is 4.66. The fraction of sp³-hybridized carbons (Fsp3) is 0.0833. The lowest BCUT2D eigenvalue weighted by molar-refractivity contribution is 0.270. The second kappa shape index (κ2) is 4.11. The Hall–Kier alpha value is -1.87. The third kappa shape index (κ3) is 1.97. The Morgan fingerprint density at radius 3 is 2.40 bits per heavy atom. The minimum absolute atomic E-state index is 0.0252. The number of pyridine rings is 1. The van der Waals surface area contributed by atoms with Crippen LogP contribution < -0.4 is 0 Å². The molecule has 76 valence electrons. The monoisotopic (exact) mass is 201 g/mol. The molecule has 3 heteroatoms. The third-order valence-electron chi connectivity index (χ3n) is 2.17. The van der Waals surface area contributed by atoms with Gasteiger partial charge in [-0.25, -0.2) is 4.98 Å². The van der Waals surface area contributed by atoms with E-state index in [4.69, 9.17) is 5.11 Å². The molecule has 2 N–H and O–H groups in total. The Kier molecular flexibility index (Phi) is 2.65. The van der Waals surface area contributed by atoms with Crippen molar-refractivity contribution in [3.05, 3.63) is 48.2 Å². The van der Waals surface area contributed by atoms with Gasteiger partial charge < -0.3 is 10.2 Å². The molecule has 0 spiro atoms. The molecule has 0 saturated heterocycles. The molecule has 2 rings (SSSR count). The van der Waals surface area contributed by atoms with Gasteiger partial charge in [0, 0.05) is 5.56 Å². The molecule has 0 bridgehead atoms. The number of aliphatic hydroxyl groups excluding tert-OH is 1. The molecule has 0 atom stereocenters. The maximum Gasteiger partial charge on any atom is 0.139 e. The molecule has 3 nitrogen and oxygen atoms in total. The van der Waals surface area contributed by atoms with Gasteiger partial charge in [0.05, 0.1) is 12.3 Å². The van der Waals surface area contributed by atoms with Crippen LogP contribution in [0.5, 0.6) is 5.75 Å². The highest BCUT2D eigenvalue weighted by atomic mass is 16.3. The van der Waals surface area contributed by atoms with Crippen LogP contribution in [0.2, 0.25) is 0 Å². The Morgan fingerprint density at radius 1 is 1.00 bits per heavy atom. The second-order valence-corrected chi connectivity index (χ2v) is 3.19. The Bertz CT molecular complexity index is 454. The number of aromatic hydroxyl groups is 1. The second-order valence-electron chi connectivity index (χ2n) is 3.19. The quantitative estimate of drug-likeness (QED) is 0.780. The molecule has 1 aromatic heterocycles. The summed E-state index contributed by atoms with van der Waals surface area (Å²) in [5, 5.41) is 18.3. The van der Waals surface area contributed by atoms with Gasteiger partial charge in [0.25, 0.3) is 0 Å². The van der Waals surface area contributed by atoms with Crippen LogP contribution in [-0.4, -0.2) is 15.2 Å². The SMILES string of the molecule is OCc1nc(-c2ccccc2)ccc1O. The van der Waals surface area contributed by atoms with Crippen molar-refractivity contribution in [2.24, 2.45) is 0 Å². The fourth-order valence-corrected chi connectivity index (χ4v) is 1.38. The van der Waals surface area contributed by atoms with Gasteiger partial charge in [-0.2, -0.15) is 0 Å². The summed E-state index contributed by atoms with van der Waals surface area (Å²) in [4.78, 5) is 4.16. The van der Waals surface area contributed by atoms with Crippen LogP contribution >= 0.6 is 0 Å². The summed E-state index contributed by atoms with van der Waals surface area (Å²) in [6, 6.07) is 12.9. The van der Waals surface area contributed by atoms with Crippen molar-refractivity contribution < 1.29 is 10.2 Å². The minimum atomic E-state index is -0.257. The zero-order chi connectivity index (χ0) is 10.7. The fourth-order valence-electron chi connectivity index (χ4n) is 1.38. The first kappa shape index (κ1) is 9.68. The predicted octanol–water partition coefficient (Wildman–Crippen LogP) is 1.95. The molecule has 1 heterocycles. The first-order chi connectivity index (χ1) is 7.31. The average Bonchev–Trinajstić information content (AvgIpc) is 2.31. The molecular formula is C12H11NO2. The van der Waals surface area contributed by atoms with Crippen LogP contribution in [-0.2, 0) is 6.61 Å². The molecule has 15 heavy (non-hydrogen) atoms. The number of nitrogens with zero attached hydrogens (tertiary/aromatic N) is 1. The lowest BCUT2D eigenvalue weighted by Gasteiger charge is -2.04. The van der Waals surface area contributed by atoms with Crippen molar-refractivity contribution in [3.8, 4) is 17.0 Å². The van der Waals surface area contributed by atoms with Crippen molar-refractivity contribution in [2.75, 3.05) is 0 Å².